The minimum atomic E-state index is -3.03. The van der Waals surface area contributed by atoms with Crippen molar-refractivity contribution in [3.63, 3.8) is 0 Å². The van der Waals surface area contributed by atoms with Crippen molar-refractivity contribution >= 4 is 39.0 Å². The van der Waals surface area contributed by atoms with Crippen LogP contribution >= 0.6 is 11.6 Å². The van der Waals surface area contributed by atoms with Crippen molar-refractivity contribution in [2.75, 3.05) is 30.5 Å². The maximum absolute atomic E-state index is 12.4. The number of nitrogens with zero attached hydrogens (tertiary/aromatic N) is 3. The van der Waals surface area contributed by atoms with Crippen LogP contribution in [0.4, 0.5) is 5.69 Å². The van der Waals surface area contributed by atoms with Gasteiger partial charge in [-0.15, -0.1) is 0 Å². The van der Waals surface area contributed by atoms with Gasteiger partial charge in [0.1, 0.15) is 5.15 Å². The molecule has 0 aliphatic carbocycles. The van der Waals surface area contributed by atoms with Gasteiger partial charge in [0.2, 0.25) is 0 Å². The Bertz CT molecular complexity index is 992. The molecule has 1 atom stereocenters. The van der Waals surface area contributed by atoms with E-state index in [-0.39, 0.29) is 23.3 Å². The Kier molecular flexibility index (Phi) is 5.44. The first-order valence-electron chi connectivity index (χ1n) is 8.63. The summed E-state index contributed by atoms with van der Waals surface area (Å²) in [6, 6.07) is 7.08. The fourth-order valence-corrected chi connectivity index (χ4v) is 5.18. The largest absolute Gasteiger partial charge is 0.378 e. The zero-order valence-electron chi connectivity index (χ0n) is 15.5. The summed E-state index contributed by atoms with van der Waals surface area (Å²) in [5.74, 6) is 0.0696. The van der Waals surface area contributed by atoms with E-state index >= 15 is 0 Å². The summed E-state index contributed by atoms with van der Waals surface area (Å²) in [4.78, 5) is 14.4. The van der Waals surface area contributed by atoms with Gasteiger partial charge in [0.05, 0.1) is 23.2 Å². The molecule has 1 aliphatic heterocycles. The molecule has 1 aliphatic rings. The molecule has 2 aromatic rings. The third kappa shape index (κ3) is 4.25. The zero-order valence-corrected chi connectivity index (χ0v) is 17.1. The molecule has 0 saturated carbocycles. The van der Waals surface area contributed by atoms with Crippen LogP contribution in [0.5, 0.6) is 0 Å². The topological polar surface area (TPSA) is 72.3 Å². The van der Waals surface area contributed by atoms with Crippen LogP contribution in [0.2, 0.25) is 5.15 Å². The van der Waals surface area contributed by atoms with Crippen molar-refractivity contribution in [3.8, 4) is 0 Å². The van der Waals surface area contributed by atoms with Gasteiger partial charge in [-0.25, -0.2) is 13.1 Å². The predicted octanol–water partition coefficient (Wildman–Crippen LogP) is 3.17. The molecule has 0 N–H and O–H groups in total. The van der Waals surface area contributed by atoms with Gasteiger partial charge in [0, 0.05) is 30.9 Å². The van der Waals surface area contributed by atoms with Crippen molar-refractivity contribution in [3.05, 3.63) is 52.3 Å². The van der Waals surface area contributed by atoms with Crippen molar-refractivity contribution in [2.24, 2.45) is 0 Å². The van der Waals surface area contributed by atoms with E-state index in [9.17, 15) is 13.2 Å². The zero-order chi connectivity index (χ0) is 19.8. The molecule has 1 aromatic heterocycles. The van der Waals surface area contributed by atoms with E-state index in [1.165, 1.54) is 6.08 Å². The molecule has 0 spiro atoms. The van der Waals surface area contributed by atoms with Gasteiger partial charge < -0.3 is 4.90 Å². The van der Waals surface area contributed by atoms with Crippen LogP contribution in [0, 0.1) is 6.92 Å². The number of hydrogen-bond donors (Lipinski definition) is 0. The van der Waals surface area contributed by atoms with Gasteiger partial charge in [0.25, 0.3) is 0 Å². The Morgan fingerprint density at radius 1 is 1.30 bits per heavy atom. The average Bonchev–Trinajstić information content (AvgIpc) is 3.12. The highest BCUT2D eigenvalue weighted by Crippen LogP contribution is 2.30. The number of benzene rings is 1. The Morgan fingerprint density at radius 3 is 2.52 bits per heavy atom. The third-order valence-corrected chi connectivity index (χ3v) is 6.82. The van der Waals surface area contributed by atoms with Gasteiger partial charge in [0.15, 0.2) is 15.6 Å². The second-order valence-corrected chi connectivity index (χ2v) is 9.52. The second kappa shape index (κ2) is 7.48. The smallest absolute Gasteiger partial charge is 0.185 e. The minimum Gasteiger partial charge on any atom is -0.378 e. The molecule has 6 nitrogen and oxygen atoms in total. The molecule has 27 heavy (non-hydrogen) atoms. The Hall–Kier alpha value is -2.12. The number of aromatic nitrogens is 2. The maximum Gasteiger partial charge on any atom is 0.185 e. The fraction of sp³-hybridized carbons (Fsp3) is 0.368. The maximum atomic E-state index is 12.4. The summed E-state index contributed by atoms with van der Waals surface area (Å²) in [6.07, 6.45) is 3.62. The van der Waals surface area contributed by atoms with Gasteiger partial charge in [-0.05, 0) is 49.8 Å². The monoisotopic (exact) mass is 407 g/mol. The van der Waals surface area contributed by atoms with Crippen molar-refractivity contribution in [1.82, 2.24) is 9.78 Å². The number of ketones is 1. The molecule has 0 bridgehead atoms. The number of sulfone groups is 1. The number of rotatable bonds is 5. The number of halogens is 1. The normalized spacial score (nSPS) is 18.9. The van der Waals surface area contributed by atoms with Gasteiger partial charge >= 0.3 is 0 Å². The number of carbonyl (C=O) groups is 1. The standard InChI is InChI=1S/C19H22ClN3O3S/c1-13-17(19(20)23(21-13)16-10-11-27(25,26)12-16)8-9-18(24)14-4-6-15(7-5-14)22(2)3/h4-9,16H,10-12H2,1-3H3/b9-8+/t16-/m1/s1. The quantitative estimate of drug-likeness (QED) is 0.562. The number of allylic oxidation sites excluding steroid dienone is 1. The van der Waals surface area contributed by atoms with E-state index in [1.54, 1.807) is 29.8 Å². The molecule has 8 heteroatoms. The van der Waals surface area contributed by atoms with Crippen LogP contribution in [0.25, 0.3) is 6.08 Å². The highest BCUT2D eigenvalue weighted by molar-refractivity contribution is 7.91. The van der Waals surface area contributed by atoms with Gasteiger partial charge in [-0.1, -0.05) is 11.6 Å². The molecule has 144 valence electrons. The Morgan fingerprint density at radius 2 is 1.96 bits per heavy atom. The van der Waals surface area contributed by atoms with E-state index in [0.29, 0.717) is 28.4 Å². The first-order chi connectivity index (χ1) is 12.7. The summed E-state index contributed by atoms with van der Waals surface area (Å²) in [5.41, 5.74) is 2.90. The number of anilines is 1. The first-order valence-corrected chi connectivity index (χ1v) is 10.8. The van der Waals surface area contributed by atoms with Crippen LogP contribution in [0.3, 0.4) is 0 Å². The molecule has 0 unspecified atom stereocenters. The lowest BCUT2D eigenvalue weighted by Gasteiger charge is -2.11. The first kappa shape index (κ1) is 19.6. The summed E-state index contributed by atoms with van der Waals surface area (Å²) in [5, 5.41) is 4.75. The summed E-state index contributed by atoms with van der Waals surface area (Å²) in [7, 11) is 0.848. The van der Waals surface area contributed by atoms with Crippen LogP contribution in [0.1, 0.15) is 34.1 Å². The van der Waals surface area contributed by atoms with Crippen LogP contribution in [0.15, 0.2) is 30.3 Å². The number of carbonyl (C=O) groups excluding carboxylic acids is 1. The molecule has 0 radical (unpaired) electrons. The summed E-state index contributed by atoms with van der Waals surface area (Å²) in [6.45, 7) is 1.79. The van der Waals surface area contributed by atoms with Crippen LogP contribution < -0.4 is 4.90 Å². The predicted molar refractivity (Wildman–Crippen MR) is 108 cm³/mol. The molecular formula is C19H22ClN3O3S. The molecule has 2 heterocycles. The summed E-state index contributed by atoms with van der Waals surface area (Å²) < 4.78 is 25.0. The Labute approximate surface area is 164 Å². The molecule has 1 fully saturated rings. The van der Waals surface area contributed by atoms with Crippen LogP contribution in [-0.4, -0.2) is 49.6 Å². The minimum absolute atomic E-state index is 0.0498. The van der Waals surface area contributed by atoms with E-state index in [0.717, 1.165) is 5.69 Å². The SMILES string of the molecule is Cc1nn([C@@H]2CCS(=O)(=O)C2)c(Cl)c1/C=C/C(=O)c1ccc(N(C)C)cc1. The molecule has 1 saturated heterocycles. The fourth-order valence-electron chi connectivity index (χ4n) is 3.11. The van der Waals surface area contributed by atoms with E-state index in [1.807, 2.05) is 31.1 Å². The average molecular weight is 408 g/mol. The molecule has 3 rings (SSSR count). The van der Waals surface area contributed by atoms with Crippen molar-refractivity contribution in [1.29, 1.82) is 0 Å². The third-order valence-electron chi connectivity index (χ3n) is 4.69. The lowest BCUT2D eigenvalue weighted by atomic mass is 10.1. The second-order valence-electron chi connectivity index (χ2n) is 6.93. The molecule has 1 aromatic carbocycles. The van der Waals surface area contributed by atoms with E-state index in [4.69, 9.17) is 11.6 Å². The highest BCUT2D eigenvalue weighted by atomic mass is 35.5. The van der Waals surface area contributed by atoms with E-state index < -0.39 is 9.84 Å². The highest BCUT2D eigenvalue weighted by Gasteiger charge is 2.31. The van der Waals surface area contributed by atoms with Crippen molar-refractivity contribution < 1.29 is 13.2 Å². The van der Waals surface area contributed by atoms with Crippen LogP contribution in [-0.2, 0) is 9.84 Å². The molecular weight excluding hydrogens is 386 g/mol. The molecule has 0 amide bonds. The number of hydrogen-bond acceptors (Lipinski definition) is 5. The van der Waals surface area contributed by atoms with Crippen molar-refractivity contribution in [2.45, 2.75) is 19.4 Å². The van der Waals surface area contributed by atoms with E-state index in [2.05, 4.69) is 5.10 Å². The summed E-state index contributed by atoms with van der Waals surface area (Å²) >= 11 is 6.43. The lowest BCUT2D eigenvalue weighted by Crippen LogP contribution is -2.12. The van der Waals surface area contributed by atoms with Gasteiger partial charge in [-0.3, -0.25) is 4.79 Å². The van der Waals surface area contributed by atoms with Gasteiger partial charge in [-0.2, -0.15) is 5.10 Å². The Balaban J connectivity index is 1.80. The number of aryl methyl sites for hydroxylation is 1. The lowest BCUT2D eigenvalue weighted by molar-refractivity contribution is 0.104.